The van der Waals surface area contributed by atoms with Crippen LogP contribution in [0.3, 0.4) is 0 Å². The third kappa shape index (κ3) is 2.95. The van der Waals surface area contributed by atoms with E-state index < -0.39 is 11.6 Å². The first kappa shape index (κ1) is 13.6. The highest BCUT2D eigenvalue weighted by Crippen LogP contribution is 2.31. The van der Waals surface area contributed by atoms with Crippen molar-refractivity contribution in [2.75, 3.05) is 5.32 Å². The van der Waals surface area contributed by atoms with Crippen molar-refractivity contribution in [2.45, 2.75) is 0 Å². The van der Waals surface area contributed by atoms with Gasteiger partial charge in [0.05, 0.1) is 22.3 Å². The number of nitriles is 1. The summed E-state index contributed by atoms with van der Waals surface area (Å²) in [5, 5.41) is 11.8. The van der Waals surface area contributed by atoms with Crippen molar-refractivity contribution in [1.29, 1.82) is 5.26 Å². The molecule has 1 N–H and O–H groups in total. The van der Waals surface area contributed by atoms with Gasteiger partial charge in [0.2, 0.25) is 0 Å². The molecule has 96 valence electrons. The van der Waals surface area contributed by atoms with Crippen LogP contribution in [0.4, 0.5) is 20.2 Å². The molecule has 0 atom stereocenters. The van der Waals surface area contributed by atoms with Gasteiger partial charge in [-0.25, -0.2) is 8.78 Å². The van der Waals surface area contributed by atoms with Crippen LogP contribution < -0.4 is 5.32 Å². The van der Waals surface area contributed by atoms with Gasteiger partial charge >= 0.3 is 0 Å². The van der Waals surface area contributed by atoms with Crippen LogP contribution in [0.1, 0.15) is 5.56 Å². The van der Waals surface area contributed by atoms with Gasteiger partial charge in [-0.1, -0.05) is 23.2 Å². The Bertz CT molecular complexity index is 658. The third-order valence-corrected chi connectivity index (χ3v) is 2.92. The summed E-state index contributed by atoms with van der Waals surface area (Å²) in [7, 11) is 0. The molecule has 0 aliphatic rings. The Morgan fingerprint density at radius 1 is 1.05 bits per heavy atom. The molecular formula is C13H6Cl2F2N2. The normalized spacial score (nSPS) is 10.1. The fourth-order valence-electron chi connectivity index (χ4n) is 1.49. The van der Waals surface area contributed by atoms with Gasteiger partial charge in [-0.3, -0.25) is 0 Å². The van der Waals surface area contributed by atoms with Crippen molar-refractivity contribution in [3.05, 3.63) is 57.6 Å². The largest absolute Gasteiger partial charge is 0.349 e. The van der Waals surface area contributed by atoms with Gasteiger partial charge in [0.1, 0.15) is 5.69 Å². The Labute approximate surface area is 118 Å². The maximum absolute atomic E-state index is 13.7. The summed E-state index contributed by atoms with van der Waals surface area (Å²) < 4.78 is 27.4. The van der Waals surface area contributed by atoms with Crippen LogP contribution in [0.5, 0.6) is 0 Å². The summed E-state index contributed by atoms with van der Waals surface area (Å²) in [5.41, 5.74) is -0.211. The van der Waals surface area contributed by atoms with Crippen molar-refractivity contribution in [3.8, 4) is 6.07 Å². The van der Waals surface area contributed by atoms with Crippen molar-refractivity contribution >= 4 is 34.6 Å². The van der Waals surface area contributed by atoms with E-state index in [1.54, 1.807) is 12.1 Å². The van der Waals surface area contributed by atoms with Crippen LogP contribution in [0.25, 0.3) is 0 Å². The van der Waals surface area contributed by atoms with Crippen LogP contribution >= 0.6 is 23.2 Å². The molecule has 0 saturated carbocycles. The SMILES string of the molecule is N#Cc1cc(F)c(Nc2cc(Cl)ccc2Cl)c(F)c1. The molecule has 2 rings (SSSR count). The summed E-state index contributed by atoms with van der Waals surface area (Å²) in [6.45, 7) is 0. The topological polar surface area (TPSA) is 35.8 Å². The average molecular weight is 299 g/mol. The minimum Gasteiger partial charge on any atom is -0.349 e. The lowest BCUT2D eigenvalue weighted by Crippen LogP contribution is -1.99. The molecule has 0 amide bonds. The van der Waals surface area contributed by atoms with E-state index in [1.807, 2.05) is 0 Å². The Hall–Kier alpha value is -1.83. The number of anilines is 2. The van der Waals surface area contributed by atoms with E-state index in [-0.39, 0.29) is 22.0 Å². The molecular weight excluding hydrogens is 293 g/mol. The summed E-state index contributed by atoms with van der Waals surface area (Å²) in [6, 6.07) is 8.04. The van der Waals surface area contributed by atoms with Gasteiger partial charge in [0, 0.05) is 5.02 Å². The van der Waals surface area contributed by atoms with E-state index in [4.69, 9.17) is 28.5 Å². The van der Waals surface area contributed by atoms with Gasteiger partial charge in [0.25, 0.3) is 0 Å². The monoisotopic (exact) mass is 298 g/mol. The van der Waals surface area contributed by atoms with Gasteiger partial charge in [-0.05, 0) is 30.3 Å². The van der Waals surface area contributed by atoms with Crippen LogP contribution in [-0.4, -0.2) is 0 Å². The van der Waals surface area contributed by atoms with E-state index in [2.05, 4.69) is 5.32 Å². The Balaban J connectivity index is 2.44. The van der Waals surface area contributed by atoms with E-state index in [0.29, 0.717) is 5.02 Å². The molecule has 2 aromatic carbocycles. The van der Waals surface area contributed by atoms with Crippen molar-refractivity contribution in [2.24, 2.45) is 0 Å². The molecule has 2 aromatic rings. The predicted molar refractivity (Wildman–Crippen MR) is 70.8 cm³/mol. The molecule has 19 heavy (non-hydrogen) atoms. The lowest BCUT2D eigenvalue weighted by Gasteiger charge is -2.11. The second kappa shape index (κ2) is 5.43. The fourth-order valence-corrected chi connectivity index (χ4v) is 1.82. The summed E-state index contributed by atoms with van der Waals surface area (Å²) in [4.78, 5) is 0. The molecule has 0 saturated heterocycles. The van der Waals surface area contributed by atoms with Crippen LogP contribution in [0, 0.1) is 23.0 Å². The zero-order valence-corrected chi connectivity index (χ0v) is 10.9. The Morgan fingerprint density at radius 3 is 2.26 bits per heavy atom. The number of halogens is 4. The second-order valence-electron chi connectivity index (χ2n) is 3.68. The first-order chi connectivity index (χ1) is 9.01. The maximum atomic E-state index is 13.7. The average Bonchev–Trinajstić information content (AvgIpc) is 2.37. The molecule has 0 radical (unpaired) electrons. The lowest BCUT2D eigenvalue weighted by molar-refractivity contribution is 0.590. The minimum atomic E-state index is -0.882. The summed E-state index contributed by atoms with van der Waals surface area (Å²) >= 11 is 11.7. The van der Waals surface area contributed by atoms with Gasteiger partial charge in [-0.2, -0.15) is 5.26 Å². The third-order valence-electron chi connectivity index (χ3n) is 2.36. The van der Waals surface area contributed by atoms with E-state index in [0.717, 1.165) is 12.1 Å². The quantitative estimate of drug-likeness (QED) is 0.857. The first-order valence-corrected chi connectivity index (χ1v) is 5.88. The van der Waals surface area contributed by atoms with Crippen LogP contribution in [-0.2, 0) is 0 Å². The maximum Gasteiger partial charge on any atom is 0.150 e. The standard InChI is InChI=1S/C13H6Cl2F2N2/c14-8-1-2-9(15)12(5-8)19-13-10(16)3-7(6-18)4-11(13)17/h1-5,19H. The molecule has 0 aliphatic carbocycles. The Kier molecular flexibility index (Phi) is 3.89. The number of rotatable bonds is 2. The molecule has 0 fully saturated rings. The lowest BCUT2D eigenvalue weighted by atomic mass is 10.2. The Morgan fingerprint density at radius 2 is 1.68 bits per heavy atom. The highest BCUT2D eigenvalue weighted by molar-refractivity contribution is 6.35. The molecule has 0 spiro atoms. The molecule has 6 heteroatoms. The molecule has 0 bridgehead atoms. The predicted octanol–water partition coefficient (Wildman–Crippen LogP) is 4.89. The zero-order chi connectivity index (χ0) is 14.0. The number of hydrogen-bond acceptors (Lipinski definition) is 2. The fraction of sp³-hybridized carbons (Fsp3) is 0. The van der Waals surface area contributed by atoms with E-state index in [1.165, 1.54) is 12.1 Å². The van der Waals surface area contributed by atoms with Gasteiger partial charge < -0.3 is 5.32 Å². The summed E-state index contributed by atoms with van der Waals surface area (Å²) in [6.07, 6.45) is 0. The first-order valence-electron chi connectivity index (χ1n) is 5.12. The summed E-state index contributed by atoms with van der Waals surface area (Å²) in [5.74, 6) is -1.76. The second-order valence-corrected chi connectivity index (χ2v) is 4.52. The van der Waals surface area contributed by atoms with Gasteiger partial charge in [0.15, 0.2) is 11.6 Å². The molecule has 0 heterocycles. The molecule has 0 aliphatic heterocycles. The van der Waals surface area contributed by atoms with Crippen LogP contribution in [0.2, 0.25) is 10.0 Å². The number of hydrogen-bond donors (Lipinski definition) is 1. The highest BCUT2D eigenvalue weighted by atomic mass is 35.5. The molecule has 0 unspecified atom stereocenters. The van der Waals surface area contributed by atoms with E-state index in [9.17, 15) is 8.78 Å². The molecule has 2 nitrogen and oxygen atoms in total. The minimum absolute atomic E-state index is 0.0993. The van der Waals surface area contributed by atoms with Gasteiger partial charge in [-0.15, -0.1) is 0 Å². The highest BCUT2D eigenvalue weighted by Gasteiger charge is 2.13. The number of benzene rings is 2. The van der Waals surface area contributed by atoms with Crippen molar-refractivity contribution < 1.29 is 8.78 Å². The number of nitrogens with one attached hydrogen (secondary N) is 1. The molecule has 0 aromatic heterocycles. The van der Waals surface area contributed by atoms with Crippen LogP contribution in [0.15, 0.2) is 30.3 Å². The number of nitrogens with zero attached hydrogens (tertiary/aromatic N) is 1. The van der Waals surface area contributed by atoms with Crippen molar-refractivity contribution in [3.63, 3.8) is 0 Å². The van der Waals surface area contributed by atoms with E-state index >= 15 is 0 Å². The smallest absolute Gasteiger partial charge is 0.150 e. The van der Waals surface area contributed by atoms with Crippen molar-refractivity contribution in [1.82, 2.24) is 0 Å². The zero-order valence-electron chi connectivity index (χ0n) is 9.35.